The zero-order chi connectivity index (χ0) is 20.2. The number of rotatable bonds is 8. The van der Waals surface area contributed by atoms with Crippen molar-refractivity contribution in [1.29, 1.82) is 0 Å². The van der Waals surface area contributed by atoms with Crippen LogP contribution in [-0.4, -0.2) is 36.9 Å². The quantitative estimate of drug-likeness (QED) is 0.428. The van der Waals surface area contributed by atoms with Gasteiger partial charge in [-0.05, 0) is 18.6 Å². The van der Waals surface area contributed by atoms with Crippen molar-refractivity contribution in [3.63, 3.8) is 0 Å². The van der Waals surface area contributed by atoms with E-state index in [-0.39, 0.29) is 5.56 Å². The average molecular weight is 429 g/mol. The Bertz CT molecular complexity index is 1180. The van der Waals surface area contributed by atoms with Gasteiger partial charge in [0.1, 0.15) is 10.8 Å². The predicted octanol–water partition coefficient (Wildman–Crippen LogP) is 3.58. The number of aromatic amines is 1. The van der Waals surface area contributed by atoms with Crippen molar-refractivity contribution in [2.75, 3.05) is 7.11 Å². The van der Waals surface area contributed by atoms with Crippen molar-refractivity contribution < 1.29 is 4.74 Å². The summed E-state index contributed by atoms with van der Waals surface area (Å²) >= 11 is 2.89. The van der Waals surface area contributed by atoms with Crippen LogP contribution >= 0.6 is 23.1 Å². The van der Waals surface area contributed by atoms with Crippen LogP contribution in [0.25, 0.3) is 16.3 Å². The molecule has 10 heteroatoms. The Kier molecular flexibility index (Phi) is 5.91. The van der Waals surface area contributed by atoms with Gasteiger partial charge in [-0.1, -0.05) is 48.6 Å². The van der Waals surface area contributed by atoms with Crippen molar-refractivity contribution >= 4 is 28.1 Å². The van der Waals surface area contributed by atoms with Gasteiger partial charge >= 0.3 is 0 Å². The van der Waals surface area contributed by atoms with E-state index in [1.54, 1.807) is 7.11 Å². The molecule has 0 atom stereocenters. The van der Waals surface area contributed by atoms with Gasteiger partial charge in [-0.2, -0.15) is 9.61 Å². The van der Waals surface area contributed by atoms with Crippen molar-refractivity contribution in [3.8, 4) is 17.1 Å². The Morgan fingerprint density at radius 1 is 1.28 bits per heavy atom. The Hall–Kier alpha value is -2.72. The summed E-state index contributed by atoms with van der Waals surface area (Å²) in [6.07, 6.45) is 3.02. The van der Waals surface area contributed by atoms with Crippen LogP contribution in [0.15, 0.2) is 40.3 Å². The van der Waals surface area contributed by atoms with E-state index in [9.17, 15) is 4.79 Å². The van der Waals surface area contributed by atoms with Gasteiger partial charge < -0.3 is 4.74 Å². The highest BCUT2D eigenvalue weighted by Crippen LogP contribution is 2.28. The molecule has 3 aromatic heterocycles. The second-order valence-electron chi connectivity index (χ2n) is 6.33. The van der Waals surface area contributed by atoms with Crippen molar-refractivity contribution in [2.45, 2.75) is 37.1 Å². The van der Waals surface area contributed by atoms with E-state index in [0.29, 0.717) is 27.4 Å². The van der Waals surface area contributed by atoms with Crippen LogP contribution in [0.3, 0.4) is 0 Å². The monoisotopic (exact) mass is 428 g/mol. The number of aryl methyl sites for hydroxylation is 1. The predicted molar refractivity (Wildman–Crippen MR) is 114 cm³/mol. The van der Waals surface area contributed by atoms with Crippen LogP contribution < -0.4 is 10.3 Å². The third-order valence-corrected chi connectivity index (χ3v) is 6.11. The first-order chi connectivity index (χ1) is 14.2. The summed E-state index contributed by atoms with van der Waals surface area (Å²) in [4.78, 5) is 22.1. The summed E-state index contributed by atoms with van der Waals surface area (Å²) < 4.78 is 6.76. The van der Waals surface area contributed by atoms with E-state index in [4.69, 9.17) is 4.74 Å². The second kappa shape index (κ2) is 8.75. The molecule has 4 rings (SSSR count). The summed E-state index contributed by atoms with van der Waals surface area (Å²) in [6.45, 7) is 2.13. The smallest absolute Gasteiger partial charge is 0.275 e. The number of nitrogens with one attached hydrogen (secondary N) is 1. The number of nitrogens with zero attached hydrogens (tertiary/aromatic N) is 5. The van der Waals surface area contributed by atoms with Crippen LogP contribution in [0.4, 0.5) is 0 Å². The molecule has 0 saturated carbocycles. The summed E-state index contributed by atoms with van der Waals surface area (Å²) in [5.74, 6) is 1.86. The maximum atomic E-state index is 12.4. The Morgan fingerprint density at radius 3 is 2.97 bits per heavy atom. The number of hydrogen-bond acceptors (Lipinski definition) is 8. The molecule has 0 spiro atoms. The van der Waals surface area contributed by atoms with Crippen molar-refractivity contribution in [1.82, 2.24) is 29.8 Å². The first kappa shape index (κ1) is 19.6. The minimum Gasteiger partial charge on any atom is -0.496 e. The van der Waals surface area contributed by atoms with Crippen LogP contribution in [0, 0.1) is 0 Å². The lowest BCUT2D eigenvalue weighted by Crippen LogP contribution is -2.15. The fourth-order valence-corrected chi connectivity index (χ4v) is 4.46. The zero-order valence-electron chi connectivity index (χ0n) is 16.1. The molecular formula is C19H20N6O2S2. The molecular weight excluding hydrogens is 408 g/mol. The first-order valence-corrected chi connectivity index (χ1v) is 11.1. The molecule has 0 aliphatic rings. The van der Waals surface area contributed by atoms with E-state index < -0.39 is 0 Å². The van der Waals surface area contributed by atoms with Crippen LogP contribution in [0.5, 0.6) is 5.75 Å². The molecule has 8 nitrogen and oxygen atoms in total. The molecule has 1 aromatic carbocycles. The van der Waals surface area contributed by atoms with Crippen LogP contribution in [0.1, 0.15) is 30.5 Å². The highest BCUT2D eigenvalue weighted by atomic mass is 32.2. The van der Waals surface area contributed by atoms with Gasteiger partial charge in [0, 0.05) is 18.2 Å². The van der Waals surface area contributed by atoms with E-state index in [0.717, 1.165) is 35.6 Å². The lowest BCUT2D eigenvalue weighted by molar-refractivity contribution is 0.416. The molecule has 0 aliphatic heterocycles. The summed E-state index contributed by atoms with van der Waals surface area (Å²) in [5, 5.41) is 13.1. The topological polar surface area (TPSA) is 98.1 Å². The summed E-state index contributed by atoms with van der Waals surface area (Å²) in [7, 11) is 1.62. The Morgan fingerprint density at radius 2 is 2.14 bits per heavy atom. The van der Waals surface area contributed by atoms with Gasteiger partial charge in [-0.25, -0.2) is 9.97 Å². The van der Waals surface area contributed by atoms with Gasteiger partial charge in [-0.3, -0.25) is 9.89 Å². The molecule has 0 aliphatic carbocycles. The van der Waals surface area contributed by atoms with Crippen LogP contribution in [0.2, 0.25) is 0 Å². The number of aromatic nitrogens is 6. The van der Waals surface area contributed by atoms with Gasteiger partial charge in [-0.15, -0.1) is 5.10 Å². The third-order valence-electron chi connectivity index (χ3n) is 4.26. The maximum Gasteiger partial charge on any atom is 0.275 e. The SMILES string of the molecule is CCCCc1nn2c(=O)cc(CSc3n[nH]c(-c4ccccc4OC)n3)nc2s1. The van der Waals surface area contributed by atoms with E-state index in [1.807, 2.05) is 24.3 Å². The number of hydrogen-bond donors (Lipinski definition) is 1. The number of ether oxygens (including phenoxy) is 1. The molecule has 29 heavy (non-hydrogen) atoms. The average Bonchev–Trinajstić information content (AvgIpc) is 3.38. The molecule has 1 N–H and O–H groups in total. The Balaban J connectivity index is 1.50. The minimum absolute atomic E-state index is 0.158. The van der Waals surface area contributed by atoms with Gasteiger partial charge in [0.25, 0.3) is 5.56 Å². The molecule has 0 saturated heterocycles. The first-order valence-electron chi connectivity index (χ1n) is 9.25. The molecule has 0 bridgehead atoms. The fourth-order valence-electron chi connectivity index (χ4n) is 2.81. The van der Waals surface area contributed by atoms with Crippen molar-refractivity contribution in [2.24, 2.45) is 0 Å². The molecule has 4 aromatic rings. The standard InChI is InChI=1S/C19H20N6O2S2/c1-3-4-9-15-24-25-16(26)10-12(20-19(25)29-15)11-28-18-21-17(22-23-18)13-7-5-6-8-14(13)27-2/h5-8,10H,3-4,9,11H2,1-2H3,(H,21,22,23). The highest BCUT2D eigenvalue weighted by Gasteiger charge is 2.13. The van der Waals surface area contributed by atoms with Crippen LogP contribution in [-0.2, 0) is 12.2 Å². The second-order valence-corrected chi connectivity index (χ2v) is 8.32. The number of benzene rings is 1. The number of fused-ring (bicyclic) bond motifs is 1. The number of thioether (sulfide) groups is 1. The normalized spacial score (nSPS) is 11.2. The molecule has 0 radical (unpaired) electrons. The van der Waals surface area contributed by atoms with Gasteiger partial charge in [0.15, 0.2) is 5.82 Å². The lowest BCUT2D eigenvalue weighted by atomic mass is 10.2. The van der Waals surface area contributed by atoms with E-state index in [2.05, 4.69) is 32.2 Å². The summed E-state index contributed by atoms with van der Waals surface area (Å²) in [5.41, 5.74) is 1.38. The van der Waals surface area contributed by atoms with E-state index >= 15 is 0 Å². The summed E-state index contributed by atoms with van der Waals surface area (Å²) in [6, 6.07) is 9.15. The minimum atomic E-state index is -0.158. The number of H-pyrrole nitrogens is 1. The molecule has 0 amide bonds. The third kappa shape index (κ3) is 4.33. The molecule has 3 heterocycles. The van der Waals surface area contributed by atoms with Gasteiger partial charge in [0.2, 0.25) is 10.1 Å². The maximum absolute atomic E-state index is 12.4. The Labute approximate surface area is 175 Å². The van der Waals surface area contributed by atoms with Crippen molar-refractivity contribution in [3.05, 3.63) is 51.4 Å². The molecule has 0 fully saturated rings. The largest absolute Gasteiger partial charge is 0.496 e. The number of unbranched alkanes of at least 4 members (excludes halogenated alkanes) is 1. The van der Waals surface area contributed by atoms with Gasteiger partial charge in [0.05, 0.1) is 18.4 Å². The molecule has 150 valence electrons. The highest BCUT2D eigenvalue weighted by molar-refractivity contribution is 7.98. The fraction of sp³-hybridized carbons (Fsp3) is 0.316. The lowest BCUT2D eigenvalue weighted by Gasteiger charge is -2.04. The number of para-hydroxylation sites is 1. The zero-order valence-corrected chi connectivity index (χ0v) is 17.7. The molecule has 0 unspecified atom stereocenters. The van der Waals surface area contributed by atoms with E-state index in [1.165, 1.54) is 33.7 Å². The number of methoxy groups -OCH3 is 1.